The highest BCUT2D eigenvalue weighted by Crippen LogP contribution is 2.14. The lowest BCUT2D eigenvalue weighted by Gasteiger charge is -2.27. The van der Waals surface area contributed by atoms with Crippen LogP contribution >= 0.6 is 0 Å². The van der Waals surface area contributed by atoms with Crippen molar-refractivity contribution in [2.24, 2.45) is 0 Å². The SMILES string of the molecule is COCCNC(C)CC(C)(C)OC. The van der Waals surface area contributed by atoms with Crippen LogP contribution in [-0.2, 0) is 9.47 Å². The lowest BCUT2D eigenvalue weighted by molar-refractivity contribution is 0.00815. The van der Waals surface area contributed by atoms with E-state index in [0.717, 1.165) is 19.6 Å². The van der Waals surface area contributed by atoms with Gasteiger partial charge in [-0.25, -0.2) is 0 Å². The Kier molecular flexibility index (Phi) is 6.29. The van der Waals surface area contributed by atoms with Crippen molar-refractivity contribution in [3.63, 3.8) is 0 Å². The van der Waals surface area contributed by atoms with Crippen molar-refractivity contribution in [3.05, 3.63) is 0 Å². The molecule has 0 aromatic heterocycles. The average molecular weight is 189 g/mol. The quantitative estimate of drug-likeness (QED) is 0.614. The molecule has 0 amide bonds. The maximum atomic E-state index is 5.34. The molecule has 0 heterocycles. The van der Waals surface area contributed by atoms with E-state index in [-0.39, 0.29) is 5.60 Å². The van der Waals surface area contributed by atoms with Crippen LogP contribution in [0, 0.1) is 0 Å². The molecule has 0 aliphatic heterocycles. The van der Waals surface area contributed by atoms with E-state index in [0.29, 0.717) is 6.04 Å². The molecule has 0 rings (SSSR count). The van der Waals surface area contributed by atoms with Gasteiger partial charge in [0.05, 0.1) is 12.2 Å². The van der Waals surface area contributed by atoms with Crippen molar-refractivity contribution < 1.29 is 9.47 Å². The molecule has 13 heavy (non-hydrogen) atoms. The normalized spacial score (nSPS) is 14.5. The van der Waals surface area contributed by atoms with Crippen molar-refractivity contribution in [1.29, 1.82) is 0 Å². The van der Waals surface area contributed by atoms with Crippen LogP contribution in [0.1, 0.15) is 27.2 Å². The summed E-state index contributed by atoms with van der Waals surface area (Å²) >= 11 is 0. The number of methoxy groups -OCH3 is 2. The summed E-state index contributed by atoms with van der Waals surface area (Å²) in [7, 11) is 3.47. The second-order valence-electron chi connectivity index (χ2n) is 4.02. The molecular formula is C10H23NO2. The van der Waals surface area contributed by atoms with Crippen LogP contribution in [0.5, 0.6) is 0 Å². The maximum Gasteiger partial charge on any atom is 0.0637 e. The summed E-state index contributed by atoms with van der Waals surface area (Å²) in [6.45, 7) is 8.02. The third-order valence-electron chi connectivity index (χ3n) is 2.15. The van der Waals surface area contributed by atoms with Gasteiger partial charge in [-0.15, -0.1) is 0 Å². The van der Waals surface area contributed by atoms with Crippen LogP contribution in [-0.4, -0.2) is 39.0 Å². The Labute approximate surface area is 81.8 Å². The highest BCUT2D eigenvalue weighted by molar-refractivity contribution is 4.74. The molecule has 0 saturated carbocycles. The van der Waals surface area contributed by atoms with Crippen molar-refractivity contribution in [2.45, 2.75) is 38.8 Å². The van der Waals surface area contributed by atoms with E-state index >= 15 is 0 Å². The van der Waals surface area contributed by atoms with E-state index < -0.39 is 0 Å². The first-order valence-corrected chi connectivity index (χ1v) is 4.79. The molecule has 0 bridgehead atoms. The zero-order chi connectivity index (χ0) is 10.3. The molecule has 0 saturated heterocycles. The lowest BCUT2D eigenvalue weighted by atomic mass is 10.00. The van der Waals surface area contributed by atoms with E-state index in [1.54, 1.807) is 14.2 Å². The van der Waals surface area contributed by atoms with Crippen molar-refractivity contribution in [2.75, 3.05) is 27.4 Å². The molecule has 1 atom stereocenters. The zero-order valence-corrected chi connectivity index (χ0v) is 9.52. The smallest absolute Gasteiger partial charge is 0.0637 e. The van der Waals surface area contributed by atoms with E-state index in [1.807, 2.05) is 0 Å². The number of hydrogen-bond acceptors (Lipinski definition) is 3. The topological polar surface area (TPSA) is 30.5 Å². The van der Waals surface area contributed by atoms with E-state index in [4.69, 9.17) is 9.47 Å². The first-order valence-electron chi connectivity index (χ1n) is 4.79. The predicted octanol–water partition coefficient (Wildman–Crippen LogP) is 1.43. The Morgan fingerprint density at radius 3 is 2.38 bits per heavy atom. The van der Waals surface area contributed by atoms with Crippen LogP contribution in [0.25, 0.3) is 0 Å². The molecule has 3 heteroatoms. The molecule has 0 aliphatic rings. The minimum atomic E-state index is -0.0422. The van der Waals surface area contributed by atoms with Gasteiger partial charge in [0, 0.05) is 26.8 Å². The molecule has 80 valence electrons. The van der Waals surface area contributed by atoms with Gasteiger partial charge >= 0.3 is 0 Å². The molecule has 3 nitrogen and oxygen atoms in total. The minimum Gasteiger partial charge on any atom is -0.383 e. The number of nitrogens with one attached hydrogen (secondary N) is 1. The largest absolute Gasteiger partial charge is 0.383 e. The van der Waals surface area contributed by atoms with Gasteiger partial charge in [-0.2, -0.15) is 0 Å². The van der Waals surface area contributed by atoms with Crippen molar-refractivity contribution in [3.8, 4) is 0 Å². The van der Waals surface area contributed by atoms with Crippen LogP contribution in [0.4, 0.5) is 0 Å². The van der Waals surface area contributed by atoms with Gasteiger partial charge in [0.1, 0.15) is 0 Å². The Balaban J connectivity index is 3.55. The van der Waals surface area contributed by atoms with E-state index in [2.05, 4.69) is 26.1 Å². The van der Waals surface area contributed by atoms with Crippen LogP contribution in [0.3, 0.4) is 0 Å². The predicted molar refractivity (Wildman–Crippen MR) is 55.0 cm³/mol. The van der Waals surface area contributed by atoms with Gasteiger partial charge in [0.25, 0.3) is 0 Å². The van der Waals surface area contributed by atoms with Gasteiger partial charge in [-0.05, 0) is 27.2 Å². The second kappa shape index (κ2) is 6.35. The Morgan fingerprint density at radius 2 is 1.92 bits per heavy atom. The molecule has 0 aromatic carbocycles. The van der Waals surface area contributed by atoms with Crippen molar-refractivity contribution >= 4 is 0 Å². The fourth-order valence-electron chi connectivity index (χ4n) is 1.30. The highest BCUT2D eigenvalue weighted by atomic mass is 16.5. The molecule has 0 aromatic rings. The fraction of sp³-hybridized carbons (Fsp3) is 1.00. The molecule has 0 fully saturated rings. The standard InChI is InChI=1S/C10H23NO2/c1-9(11-6-7-12-4)8-10(2,3)13-5/h9,11H,6-8H2,1-5H3. The number of hydrogen-bond donors (Lipinski definition) is 1. The second-order valence-corrected chi connectivity index (χ2v) is 4.02. The fourth-order valence-corrected chi connectivity index (χ4v) is 1.30. The third kappa shape index (κ3) is 6.99. The summed E-state index contributed by atoms with van der Waals surface area (Å²) in [5.74, 6) is 0. The molecule has 0 spiro atoms. The Morgan fingerprint density at radius 1 is 1.31 bits per heavy atom. The summed E-state index contributed by atoms with van der Waals surface area (Å²) in [6.07, 6.45) is 1.01. The molecule has 1 unspecified atom stereocenters. The average Bonchev–Trinajstić information content (AvgIpc) is 2.04. The van der Waals surface area contributed by atoms with Crippen molar-refractivity contribution in [1.82, 2.24) is 5.32 Å². The number of rotatable bonds is 7. The summed E-state index contributed by atoms with van der Waals surface area (Å²) < 4.78 is 10.3. The third-order valence-corrected chi connectivity index (χ3v) is 2.15. The summed E-state index contributed by atoms with van der Waals surface area (Å²) in [5, 5.41) is 3.37. The molecular weight excluding hydrogens is 166 g/mol. The monoisotopic (exact) mass is 189 g/mol. The van der Waals surface area contributed by atoms with Gasteiger partial charge in [-0.1, -0.05) is 0 Å². The summed E-state index contributed by atoms with van der Waals surface area (Å²) in [4.78, 5) is 0. The van der Waals surface area contributed by atoms with Gasteiger partial charge in [0.2, 0.25) is 0 Å². The van der Waals surface area contributed by atoms with Gasteiger partial charge in [0.15, 0.2) is 0 Å². The first kappa shape index (κ1) is 12.9. The maximum absolute atomic E-state index is 5.34. The zero-order valence-electron chi connectivity index (χ0n) is 9.52. The van der Waals surface area contributed by atoms with Gasteiger partial charge in [-0.3, -0.25) is 0 Å². The lowest BCUT2D eigenvalue weighted by Crippen LogP contribution is -2.37. The Hall–Kier alpha value is -0.120. The summed E-state index contributed by atoms with van der Waals surface area (Å²) in [5.41, 5.74) is -0.0422. The van der Waals surface area contributed by atoms with Crippen LogP contribution in [0.15, 0.2) is 0 Å². The Bertz CT molecular complexity index is 126. The molecule has 0 aliphatic carbocycles. The van der Waals surface area contributed by atoms with Gasteiger partial charge < -0.3 is 14.8 Å². The minimum absolute atomic E-state index is 0.0422. The highest BCUT2D eigenvalue weighted by Gasteiger charge is 2.19. The van der Waals surface area contributed by atoms with E-state index in [9.17, 15) is 0 Å². The van der Waals surface area contributed by atoms with Crippen LogP contribution in [0.2, 0.25) is 0 Å². The van der Waals surface area contributed by atoms with Crippen LogP contribution < -0.4 is 5.32 Å². The molecule has 0 radical (unpaired) electrons. The molecule has 1 N–H and O–H groups in total. The first-order chi connectivity index (χ1) is 6.02. The van der Waals surface area contributed by atoms with E-state index in [1.165, 1.54) is 0 Å². The summed E-state index contributed by atoms with van der Waals surface area (Å²) in [6, 6.07) is 0.463. The number of ether oxygens (including phenoxy) is 2.